The van der Waals surface area contributed by atoms with E-state index in [2.05, 4.69) is 20.8 Å². The summed E-state index contributed by atoms with van der Waals surface area (Å²) < 4.78 is 5.40. The zero-order valence-corrected chi connectivity index (χ0v) is 11.7. The van der Waals surface area contributed by atoms with Gasteiger partial charge in [-0.05, 0) is 55.8 Å². The molecule has 1 aliphatic carbocycles. The fourth-order valence-electron chi connectivity index (χ4n) is 3.63. The Hall–Kier alpha value is -0.0800. The fraction of sp³-hybridized carbons (Fsp3) is 1.00. The summed E-state index contributed by atoms with van der Waals surface area (Å²) in [6.45, 7) is 8.68. The minimum absolute atomic E-state index is 0.383. The summed E-state index contributed by atoms with van der Waals surface area (Å²) in [5, 5.41) is 10.8. The first-order valence-corrected chi connectivity index (χ1v) is 7.22. The maximum absolute atomic E-state index is 10.8. The first-order chi connectivity index (χ1) is 7.92. The second-order valence-corrected chi connectivity index (χ2v) is 7.13. The van der Waals surface area contributed by atoms with Gasteiger partial charge >= 0.3 is 0 Å². The molecule has 1 saturated heterocycles. The Labute approximate surface area is 106 Å². The number of hydrogen-bond donors (Lipinski definition) is 1. The fourth-order valence-corrected chi connectivity index (χ4v) is 3.63. The Bertz CT molecular complexity index is 240. The van der Waals surface area contributed by atoms with Gasteiger partial charge in [0, 0.05) is 13.2 Å². The molecule has 2 rings (SSSR count). The molecule has 17 heavy (non-hydrogen) atoms. The van der Waals surface area contributed by atoms with E-state index >= 15 is 0 Å². The first kappa shape index (κ1) is 13.4. The molecule has 0 aromatic heterocycles. The van der Waals surface area contributed by atoms with Gasteiger partial charge in [0.05, 0.1) is 5.60 Å². The summed E-state index contributed by atoms with van der Waals surface area (Å²) in [6, 6.07) is 0. The lowest BCUT2D eigenvalue weighted by molar-refractivity contribution is -0.100. The molecule has 0 bridgehead atoms. The summed E-state index contributed by atoms with van der Waals surface area (Å²) in [4.78, 5) is 0. The van der Waals surface area contributed by atoms with Crippen LogP contribution in [-0.4, -0.2) is 23.9 Å². The minimum atomic E-state index is -0.383. The Balaban J connectivity index is 1.92. The van der Waals surface area contributed by atoms with Crippen LogP contribution in [0.4, 0.5) is 0 Å². The van der Waals surface area contributed by atoms with Gasteiger partial charge in [-0.3, -0.25) is 0 Å². The molecule has 0 aromatic carbocycles. The van der Waals surface area contributed by atoms with E-state index in [9.17, 15) is 5.11 Å². The van der Waals surface area contributed by atoms with E-state index in [1.165, 1.54) is 12.8 Å². The van der Waals surface area contributed by atoms with Crippen molar-refractivity contribution in [3.63, 3.8) is 0 Å². The van der Waals surface area contributed by atoms with Crippen LogP contribution in [0.5, 0.6) is 0 Å². The van der Waals surface area contributed by atoms with Crippen LogP contribution in [0.3, 0.4) is 0 Å². The van der Waals surface area contributed by atoms with Crippen LogP contribution in [0.1, 0.15) is 59.3 Å². The van der Waals surface area contributed by atoms with E-state index in [-0.39, 0.29) is 5.60 Å². The van der Waals surface area contributed by atoms with E-state index in [0.717, 1.165) is 44.8 Å². The van der Waals surface area contributed by atoms with Gasteiger partial charge < -0.3 is 9.84 Å². The number of ether oxygens (including phenoxy) is 1. The SMILES string of the molecule is CC(C)(C)C1CCC(O)(C2CCOCC2)CC1. The van der Waals surface area contributed by atoms with Gasteiger partial charge in [-0.2, -0.15) is 0 Å². The van der Waals surface area contributed by atoms with Crippen molar-refractivity contribution in [3.05, 3.63) is 0 Å². The molecule has 2 heteroatoms. The second kappa shape index (κ2) is 4.89. The van der Waals surface area contributed by atoms with E-state index in [1.54, 1.807) is 0 Å². The number of hydrogen-bond acceptors (Lipinski definition) is 2. The molecule has 1 saturated carbocycles. The van der Waals surface area contributed by atoms with Gasteiger partial charge in [-0.15, -0.1) is 0 Å². The monoisotopic (exact) mass is 240 g/mol. The van der Waals surface area contributed by atoms with Gasteiger partial charge in [0.15, 0.2) is 0 Å². The van der Waals surface area contributed by atoms with Crippen molar-refractivity contribution in [2.45, 2.75) is 64.9 Å². The van der Waals surface area contributed by atoms with E-state index in [1.807, 2.05) is 0 Å². The minimum Gasteiger partial charge on any atom is -0.390 e. The highest BCUT2D eigenvalue weighted by Crippen LogP contribution is 2.45. The van der Waals surface area contributed by atoms with E-state index < -0.39 is 0 Å². The van der Waals surface area contributed by atoms with Crippen LogP contribution >= 0.6 is 0 Å². The second-order valence-electron chi connectivity index (χ2n) is 7.13. The van der Waals surface area contributed by atoms with Crippen LogP contribution < -0.4 is 0 Å². The van der Waals surface area contributed by atoms with Gasteiger partial charge in [-0.25, -0.2) is 0 Å². The lowest BCUT2D eigenvalue weighted by atomic mass is 9.64. The third-order valence-corrected chi connectivity index (χ3v) is 5.06. The van der Waals surface area contributed by atoms with Crippen molar-refractivity contribution < 1.29 is 9.84 Å². The van der Waals surface area contributed by atoms with Crippen LogP contribution in [0.25, 0.3) is 0 Å². The summed E-state index contributed by atoms with van der Waals surface area (Å²) in [7, 11) is 0. The van der Waals surface area contributed by atoms with Crippen LogP contribution in [0, 0.1) is 17.3 Å². The lowest BCUT2D eigenvalue weighted by Gasteiger charge is -2.46. The maximum atomic E-state index is 10.8. The molecule has 0 radical (unpaired) electrons. The average molecular weight is 240 g/mol. The molecular weight excluding hydrogens is 212 g/mol. The quantitative estimate of drug-likeness (QED) is 0.761. The molecule has 0 atom stereocenters. The predicted octanol–water partition coefficient (Wildman–Crippen LogP) is 3.38. The molecule has 2 fully saturated rings. The first-order valence-electron chi connectivity index (χ1n) is 7.22. The highest BCUT2D eigenvalue weighted by molar-refractivity contribution is 4.94. The number of rotatable bonds is 1. The Morgan fingerprint density at radius 1 is 1.00 bits per heavy atom. The molecule has 0 aromatic rings. The highest BCUT2D eigenvalue weighted by Gasteiger charge is 2.42. The average Bonchev–Trinajstić information content (AvgIpc) is 2.29. The topological polar surface area (TPSA) is 29.5 Å². The zero-order valence-electron chi connectivity index (χ0n) is 11.7. The summed E-state index contributed by atoms with van der Waals surface area (Å²) in [6.07, 6.45) is 6.49. The zero-order chi connectivity index (χ0) is 12.5. The summed E-state index contributed by atoms with van der Waals surface area (Å²) in [5.41, 5.74) is 0.0164. The van der Waals surface area contributed by atoms with Crippen LogP contribution in [0.15, 0.2) is 0 Å². The van der Waals surface area contributed by atoms with Crippen molar-refractivity contribution in [1.82, 2.24) is 0 Å². The summed E-state index contributed by atoms with van der Waals surface area (Å²) in [5.74, 6) is 1.26. The predicted molar refractivity (Wildman–Crippen MR) is 69.9 cm³/mol. The van der Waals surface area contributed by atoms with Crippen molar-refractivity contribution in [2.75, 3.05) is 13.2 Å². The molecule has 0 spiro atoms. The largest absolute Gasteiger partial charge is 0.390 e. The molecule has 1 N–H and O–H groups in total. The van der Waals surface area contributed by atoms with Crippen molar-refractivity contribution >= 4 is 0 Å². The molecule has 2 nitrogen and oxygen atoms in total. The van der Waals surface area contributed by atoms with Crippen molar-refractivity contribution in [2.24, 2.45) is 17.3 Å². The van der Waals surface area contributed by atoms with Crippen LogP contribution in [0.2, 0.25) is 0 Å². The smallest absolute Gasteiger partial charge is 0.0677 e. The maximum Gasteiger partial charge on any atom is 0.0677 e. The summed E-state index contributed by atoms with van der Waals surface area (Å²) >= 11 is 0. The Morgan fingerprint density at radius 2 is 1.53 bits per heavy atom. The Kier molecular flexibility index (Phi) is 3.84. The molecule has 100 valence electrons. The van der Waals surface area contributed by atoms with Crippen LogP contribution in [-0.2, 0) is 4.74 Å². The van der Waals surface area contributed by atoms with Crippen molar-refractivity contribution in [1.29, 1.82) is 0 Å². The standard InChI is InChI=1S/C15H28O2/c1-14(2,3)12-4-8-15(16,9-5-12)13-6-10-17-11-7-13/h12-13,16H,4-11H2,1-3H3. The van der Waals surface area contributed by atoms with Crippen molar-refractivity contribution in [3.8, 4) is 0 Å². The third kappa shape index (κ3) is 3.03. The molecule has 1 heterocycles. The van der Waals surface area contributed by atoms with Gasteiger partial charge in [0.2, 0.25) is 0 Å². The lowest BCUT2D eigenvalue weighted by Crippen LogP contribution is -2.45. The highest BCUT2D eigenvalue weighted by atomic mass is 16.5. The van der Waals surface area contributed by atoms with E-state index in [0.29, 0.717) is 11.3 Å². The van der Waals surface area contributed by atoms with E-state index in [4.69, 9.17) is 4.74 Å². The molecular formula is C15H28O2. The molecule has 0 unspecified atom stereocenters. The normalized spacial score (nSPS) is 37.1. The van der Waals surface area contributed by atoms with Gasteiger partial charge in [0.25, 0.3) is 0 Å². The third-order valence-electron chi connectivity index (χ3n) is 5.06. The van der Waals surface area contributed by atoms with Gasteiger partial charge in [0.1, 0.15) is 0 Å². The molecule has 0 amide bonds. The van der Waals surface area contributed by atoms with Gasteiger partial charge in [-0.1, -0.05) is 20.8 Å². The number of aliphatic hydroxyl groups is 1. The molecule has 2 aliphatic rings. The Morgan fingerprint density at radius 3 is 2.00 bits per heavy atom. The molecule has 1 aliphatic heterocycles.